The molecule has 0 atom stereocenters. The maximum Gasteiger partial charge on any atom is 0.173 e. The first kappa shape index (κ1) is 16.2. The second-order valence-corrected chi connectivity index (χ2v) is 6.31. The van der Waals surface area contributed by atoms with E-state index >= 15 is 0 Å². The van der Waals surface area contributed by atoms with Gasteiger partial charge in [0, 0.05) is 25.1 Å². The van der Waals surface area contributed by atoms with Crippen molar-refractivity contribution in [2.24, 2.45) is 0 Å². The highest BCUT2D eigenvalue weighted by Crippen LogP contribution is 2.33. The lowest BCUT2D eigenvalue weighted by Crippen LogP contribution is -2.08. The lowest BCUT2D eigenvalue weighted by Gasteiger charge is -2.10. The van der Waals surface area contributed by atoms with Crippen molar-refractivity contribution in [3.05, 3.63) is 40.7 Å². The summed E-state index contributed by atoms with van der Waals surface area (Å²) in [7, 11) is 0. The molecule has 6 heteroatoms. The Labute approximate surface area is 144 Å². The predicted octanol–water partition coefficient (Wildman–Crippen LogP) is 4.85. The van der Waals surface area contributed by atoms with Gasteiger partial charge < -0.3 is 10.1 Å². The minimum Gasteiger partial charge on any atom is -0.382 e. The molecule has 0 aliphatic rings. The van der Waals surface area contributed by atoms with E-state index in [0.29, 0.717) is 10.8 Å². The predicted molar refractivity (Wildman–Crippen MR) is 97.5 cm³/mol. The lowest BCUT2D eigenvalue weighted by molar-refractivity contribution is 0.147. The molecule has 1 N–H and O–H groups in total. The van der Waals surface area contributed by atoms with Crippen LogP contribution in [0.2, 0.25) is 5.02 Å². The van der Waals surface area contributed by atoms with Crippen molar-refractivity contribution in [2.75, 3.05) is 25.1 Å². The normalized spacial score (nSPS) is 11.0. The van der Waals surface area contributed by atoms with Crippen LogP contribution >= 0.6 is 22.9 Å². The van der Waals surface area contributed by atoms with E-state index in [1.165, 1.54) is 0 Å². The standard InChI is InChI=1S/C17H18ClN3OS/c1-2-22-10-5-9-19-16-12-6-3-4-7-14(12)20-17(21-16)15-13(18)8-11-23-15/h3-4,6-8,11H,2,5,9-10H2,1H3,(H,19,20,21). The van der Waals surface area contributed by atoms with E-state index < -0.39 is 0 Å². The van der Waals surface area contributed by atoms with Crippen LogP contribution in [-0.2, 0) is 4.74 Å². The van der Waals surface area contributed by atoms with Crippen LogP contribution in [0.4, 0.5) is 5.82 Å². The Balaban J connectivity index is 1.90. The first-order chi connectivity index (χ1) is 11.3. The molecule has 120 valence electrons. The van der Waals surface area contributed by atoms with Crippen LogP contribution in [0.1, 0.15) is 13.3 Å². The van der Waals surface area contributed by atoms with Crippen molar-refractivity contribution < 1.29 is 4.74 Å². The molecular weight excluding hydrogens is 330 g/mol. The van der Waals surface area contributed by atoms with E-state index in [1.54, 1.807) is 11.3 Å². The summed E-state index contributed by atoms with van der Waals surface area (Å²) in [5.74, 6) is 1.50. The van der Waals surface area contributed by atoms with Gasteiger partial charge in [-0.2, -0.15) is 0 Å². The van der Waals surface area contributed by atoms with Crippen molar-refractivity contribution in [1.29, 1.82) is 0 Å². The second kappa shape index (κ2) is 7.73. The summed E-state index contributed by atoms with van der Waals surface area (Å²) >= 11 is 7.78. The molecule has 1 aromatic carbocycles. The summed E-state index contributed by atoms with van der Waals surface area (Å²) in [5, 5.41) is 7.05. The topological polar surface area (TPSA) is 47.0 Å². The van der Waals surface area contributed by atoms with E-state index in [4.69, 9.17) is 16.3 Å². The van der Waals surface area contributed by atoms with E-state index in [2.05, 4.69) is 15.3 Å². The molecule has 0 aliphatic carbocycles. The summed E-state index contributed by atoms with van der Waals surface area (Å²) < 4.78 is 5.37. The molecule has 0 unspecified atom stereocenters. The number of ether oxygens (including phenoxy) is 1. The van der Waals surface area contributed by atoms with Gasteiger partial charge >= 0.3 is 0 Å². The number of nitrogens with zero attached hydrogens (tertiary/aromatic N) is 2. The minimum atomic E-state index is 0.663. The van der Waals surface area contributed by atoms with Crippen molar-refractivity contribution in [3.8, 4) is 10.7 Å². The van der Waals surface area contributed by atoms with E-state index in [1.807, 2.05) is 42.6 Å². The molecule has 3 rings (SSSR count). The van der Waals surface area contributed by atoms with Crippen molar-refractivity contribution in [2.45, 2.75) is 13.3 Å². The quantitative estimate of drug-likeness (QED) is 0.620. The van der Waals surface area contributed by atoms with Gasteiger partial charge in [0.05, 0.1) is 15.4 Å². The van der Waals surface area contributed by atoms with E-state index in [-0.39, 0.29) is 0 Å². The zero-order valence-electron chi connectivity index (χ0n) is 12.9. The van der Waals surface area contributed by atoms with Crippen LogP contribution in [-0.4, -0.2) is 29.7 Å². The minimum absolute atomic E-state index is 0.663. The maximum atomic E-state index is 6.23. The smallest absolute Gasteiger partial charge is 0.173 e. The van der Waals surface area contributed by atoms with E-state index in [9.17, 15) is 0 Å². The Hall–Kier alpha value is -1.69. The Morgan fingerprint density at radius 2 is 2.09 bits per heavy atom. The van der Waals surface area contributed by atoms with Gasteiger partial charge in [-0.05, 0) is 36.9 Å². The number of thiophene rings is 1. The molecule has 0 radical (unpaired) electrons. The second-order valence-electron chi connectivity index (χ2n) is 4.99. The van der Waals surface area contributed by atoms with Crippen molar-refractivity contribution in [3.63, 3.8) is 0 Å². The number of halogens is 1. The number of hydrogen-bond donors (Lipinski definition) is 1. The van der Waals surface area contributed by atoms with Crippen LogP contribution in [0.15, 0.2) is 35.7 Å². The number of benzene rings is 1. The fourth-order valence-electron chi connectivity index (χ4n) is 2.29. The van der Waals surface area contributed by atoms with Gasteiger partial charge in [0.15, 0.2) is 5.82 Å². The van der Waals surface area contributed by atoms with Crippen molar-refractivity contribution >= 4 is 39.7 Å². The largest absolute Gasteiger partial charge is 0.382 e. The molecule has 0 bridgehead atoms. The molecule has 0 amide bonds. The summed E-state index contributed by atoms with van der Waals surface area (Å²) in [6.45, 7) is 4.30. The molecule has 4 nitrogen and oxygen atoms in total. The molecule has 0 aliphatic heterocycles. The van der Waals surface area contributed by atoms with Gasteiger partial charge in [-0.25, -0.2) is 9.97 Å². The highest BCUT2D eigenvalue weighted by Gasteiger charge is 2.12. The molecule has 0 spiro atoms. The third-order valence-corrected chi connectivity index (χ3v) is 4.72. The number of nitrogens with one attached hydrogen (secondary N) is 1. The van der Waals surface area contributed by atoms with Gasteiger partial charge in [-0.15, -0.1) is 11.3 Å². The number of rotatable bonds is 7. The zero-order valence-corrected chi connectivity index (χ0v) is 14.5. The van der Waals surface area contributed by atoms with Gasteiger partial charge in [-0.1, -0.05) is 23.7 Å². The maximum absolute atomic E-state index is 6.23. The van der Waals surface area contributed by atoms with E-state index in [0.717, 1.165) is 47.8 Å². The average molecular weight is 348 g/mol. The summed E-state index contributed by atoms with van der Waals surface area (Å²) in [6.07, 6.45) is 0.932. The first-order valence-electron chi connectivity index (χ1n) is 7.61. The third-order valence-electron chi connectivity index (χ3n) is 3.39. The summed E-state index contributed by atoms with van der Waals surface area (Å²) in [4.78, 5) is 10.2. The molecule has 2 heterocycles. The Morgan fingerprint density at radius 1 is 1.22 bits per heavy atom. The Kier molecular flexibility index (Phi) is 5.43. The summed E-state index contributed by atoms with van der Waals surface area (Å²) in [6, 6.07) is 9.87. The Bertz CT molecular complexity index is 790. The first-order valence-corrected chi connectivity index (χ1v) is 8.87. The van der Waals surface area contributed by atoms with Gasteiger partial charge in [0.2, 0.25) is 0 Å². The SMILES string of the molecule is CCOCCCNc1nc(-c2sccc2Cl)nc2ccccc12. The fourth-order valence-corrected chi connectivity index (χ4v) is 3.36. The van der Waals surface area contributed by atoms with Crippen LogP contribution in [0.3, 0.4) is 0 Å². The van der Waals surface area contributed by atoms with Crippen LogP contribution in [0.25, 0.3) is 21.6 Å². The molecule has 23 heavy (non-hydrogen) atoms. The zero-order chi connectivity index (χ0) is 16.1. The van der Waals surface area contributed by atoms with Crippen LogP contribution < -0.4 is 5.32 Å². The Morgan fingerprint density at radius 3 is 2.87 bits per heavy atom. The molecule has 3 aromatic rings. The van der Waals surface area contributed by atoms with Crippen molar-refractivity contribution in [1.82, 2.24) is 9.97 Å². The van der Waals surface area contributed by atoms with Gasteiger partial charge in [0.1, 0.15) is 5.82 Å². The third kappa shape index (κ3) is 3.80. The number of aromatic nitrogens is 2. The number of anilines is 1. The lowest BCUT2D eigenvalue weighted by atomic mass is 10.2. The molecule has 0 saturated carbocycles. The molecule has 2 aromatic heterocycles. The summed E-state index contributed by atoms with van der Waals surface area (Å²) in [5.41, 5.74) is 0.911. The van der Waals surface area contributed by atoms with Gasteiger partial charge in [0.25, 0.3) is 0 Å². The van der Waals surface area contributed by atoms with Crippen LogP contribution in [0, 0.1) is 0 Å². The molecule has 0 fully saturated rings. The molecule has 0 saturated heterocycles. The molecular formula is C17H18ClN3OS. The average Bonchev–Trinajstić information content (AvgIpc) is 3.00. The highest BCUT2D eigenvalue weighted by atomic mass is 35.5. The highest BCUT2D eigenvalue weighted by molar-refractivity contribution is 7.14. The number of para-hydroxylation sites is 1. The van der Waals surface area contributed by atoms with Gasteiger partial charge in [-0.3, -0.25) is 0 Å². The monoisotopic (exact) mass is 347 g/mol. The van der Waals surface area contributed by atoms with Crippen LogP contribution in [0.5, 0.6) is 0 Å². The fraction of sp³-hybridized carbons (Fsp3) is 0.294. The number of hydrogen-bond acceptors (Lipinski definition) is 5. The number of fused-ring (bicyclic) bond motifs is 1.